The van der Waals surface area contributed by atoms with Crippen molar-refractivity contribution in [2.24, 2.45) is 0 Å². The van der Waals surface area contributed by atoms with Gasteiger partial charge in [0.1, 0.15) is 5.75 Å². The number of piperidine rings is 1. The smallest absolute Gasteiger partial charge is 0.227 e. The van der Waals surface area contributed by atoms with E-state index in [-0.39, 0.29) is 11.4 Å². The lowest BCUT2D eigenvalue weighted by atomic mass is 9.80. The number of para-hydroxylation sites is 1. The van der Waals surface area contributed by atoms with Crippen molar-refractivity contribution < 1.29 is 9.53 Å². The quantitative estimate of drug-likeness (QED) is 0.854. The lowest BCUT2D eigenvalue weighted by molar-refractivity contribution is -0.140. The van der Waals surface area contributed by atoms with Gasteiger partial charge in [0, 0.05) is 18.2 Å². The highest BCUT2D eigenvalue weighted by atomic mass is 16.5. The van der Waals surface area contributed by atoms with Crippen LogP contribution in [0.3, 0.4) is 0 Å². The van der Waals surface area contributed by atoms with E-state index in [0.29, 0.717) is 12.5 Å². The van der Waals surface area contributed by atoms with E-state index in [1.54, 1.807) is 7.11 Å². The van der Waals surface area contributed by atoms with Crippen molar-refractivity contribution in [2.75, 3.05) is 27.2 Å². The predicted molar refractivity (Wildman–Crippen MR) is 96.3 cm³/mol. The van der Waals surface area contributed by atoms with E-state index in [0.717, 1.165) is 37.2 Å². The molecule has 0 spiro atoms. The van der Waals surface area contributed by atoms with Crippen LogP contribution < -0.4 is 4.74 Å². The van der Waals surface area contributed by atoms with Crippen molar-refractivity contribution in [2.45, 2.75) is 57.0 Å². The Morgan fingerprint density at radius 2 is 2.04 bits per heavy atom. The minimum absolute atomic E-state index is 0.0391. The highest BCUT2D eigenvalue weighted by Crippen LogP contribution is 2.38. The van der Waals surface area contributed by atoms with Gasteiger partial charge in [0.25, 0.3) is 0 Å². The van der Waals surface area contributed by atoms with E-state index in [2.05, 4.69) is 23.8 Å². The fourth-order valence-electron chi connectivity index (χ4n) is 4.71. The number of benzene rings is 1. The van der Waals surface area contributed by atoms with Gasteiger partial charge in [-0.25, -0.2) is 0 Å². The summed E-state index contributed by atoms with van der Waals surface area (Å²) < 4.78 is 5.43. The third-order valence-corrected chi connectivity index (χ3v) is 6.00. The molecule has 1 aromatic rings. The average Bonchev–Trinajstić information content (AvgIpc) is 2.75. The summed E-state index contributed by atoms with van der Waals surface area (Å²) in [6.07, 6.45) is 6.23. The van der Waals surface area contributed by atoms with E-state index in [4.69, 9.17) is 4.74 Å². The standard InChI is InChI=1S/C20H30N2O2/c1-20-12-8-13-21(2)18(20)11-6-7-14-22(20)19(23)15-16-9-4-5-10-17(16)24-3/h4-5,9-10,18H,6-8,11-15H2,1-3H3/t18-,20-/m0/s1. The molecule has 0 aromatic heterocycles. The van der Waals surface area contributed by atoms with E-state index >= 15 is 0 Å². The van der Waals surface area contributed by atoms with E-state index in [9.17, 15) is 4.79 Å². The maximum atomic E-state index is 13.2. The first-order valence-corrected chi connectivity index (χ1v) is 9.19. The van der Waals surface area contributed by atoms with Crippen LogP contribution in [0.15, 0.2) is 24.3 Å². The average molecular weight is 330 g/mol. The number of methoxy groups -OCH3 is 1. The van der Waals surface area contributed by atoms with Crippen molar-refractivity contribution in [1.82, 2.24) is 9.80 Å². The Hall–Kier alpha value is -1.55. The Morgan fingerprint density at radius 3 is 2.83 bits per heavy atom. The second-order valence-electron chi connectivity index (χ2n) is 7.49. The Kier molecular flexibility index (Phi) is 5.14. The highest BCUT2D eigenvalue weighted by Gasteiger charge is 2.46. The maximum absolute atomic E-state index is 13.2. The molecular weight excluding hydrogens is 300 g/mol. The zero-order valence-electron chi connectivity index (χ0n) is 15.3. The third-order valence-electron chi connectivity index (χ3n) is 6.00. The van der Waals surface area contributed by atoms with Crippen molar-refractivity contribution in [1.29, 1.82) is 0 Å². The molecule has 1 aromatic carbocycles. The second kappa shape index (κ2) is 7.14. The van der Waals surface area contributed by atoms with Gasteiger partial charge in [0.15, 0.2) is 0 Å². The molecule has 0 unspecified atom stereocenters. The van der Waals surface area contributed by atoms with Crippen LogP contribution >= 0.6 is 0 Å². The van der Waals surface area contributed by atoms with Gasteiger partial charge in [0.2, 0.25) is 5.91 Å². The highest BCUT2D eigenvalue weighted by molar-refractivity contribution is 5.80. The summed E-state index contributed by atoms with van der Waals surface area (Å²) in [4.78, 5) is 17.9. The van der Waals surface area contributed by atoms with Gasteiger partial charge in [0.05, 0.1) is 19.1 Å². The molecule has 3 rings (SSSR count). The topological polar surface area (TPSA) is 32.8 Å². The molecule has 0 aliphatic carbocycles. The Morgan fingerprint density at radius 1 is 1.25 bits per heavy atom. The normalized spacial score (nSPS) is 28.1. The number of rotatable bonds is 3. The monoisotopic (exact) mass is 330 g/mol. The lowest BCUT2D eigenvalue weighted by Crippen LogP contribution is -2.63. The Labute approximate surface area is 145 Å². The van der Waals surface area contributed by atoms with E-state index in [1.807, 2.05) is 24.3 Å². The van der Waals surface area contributed by atoms with Crippen molar-refractivity contribution in [3.05, 3.63) is 29.8 Å². The molecule has 0 radical (unpaired) electrons. The first-order valence-electron chi connectivity index (χ1n) is 9.19. The van der Waals surface area contributed by atoms with Gasteiger partial charge in [-0.3, -0.25) is 4.79 Å². The summed E-state index contributed by atoms with van der Waals surface area (Å²) in [5.41, 5.74) is 0.946. The number of likely N-dealkylation sites (tertiary alicyclic amines) is 2. The van der Waals surface area contributed by atoms with Gasteiger partial charge < -0.3 is 14.5 Å². The molecule has 2 atom stereocenters. The zero-order chi connectivity index (χ0) is 17.2. The number of amides is 1. The van der Waals surface area contributed by atoms with Gasteiger partial charge in [-0.1, -0.05) is 24.6 Å². The summed E-state index contributed by atoms with van der Waals surface area (Å²) in [5, 5.41) is 0. The van der Waals surface area contributed by atoms with Gasteiger partial charge in [-0.2, -0.15) is 0 Å². The Balaban J connectivity index is 1.84. The van der Waals surface area contributed by atoms with Crippen molar-refractivity contribution in [3.63, 3.8) is 0 Å². The molecule has 2 aliphatic rings. The molecule has 2 heterocycles. The number of hydrogen-bond acceptors (Lipinski definition) is 3. The molecule has 2 aliphatic heterocycles. The first kappa shape index (κ1) is 17.3. The van der Waals surface area contributed by atoms with Gasteiger partial charge in [-0.15, -0.1) is 0 Å². The molecular formula is C20H30N2O2. The summed E-state index contributed by atoms with van der Waals surface area (Å²) in [6.45, 7) is 4.34. The minimum atomic E-state index is -0.0391. The molecule has 4 heteroatoms. The van der Waals surface area contributed by atoms with Crippen LogP contribution in [0.25, 0.3) is 0 Å². The van der Waals surface area contributed by atoms with Crippen LogP contribution in [0.4, 0.5) is 0 Å². The molecule has 1 amide bonds. The Bertz CT molecular complexity index is 589. The van der Waals surface area contributed by atoms with Crippen molar-refractivity contribution in [3.8, 4) is 5.75 Å². The molecule has 0 N–H and O–H groups in total. The molecule has 4 nitrogen and oxygen atoms in total. The van der Waals surface area contributed by atoms with Crippen LogP contribution in [0, 0.1) is 0 Å². The molecule has 24 heavy (non-hydrogen) atoms. The van der Waals surface area contributed by atoms with Crippen LogP contribution in [-0.2, 0) is 11.2 Å². The lowest BCUT2D eigenvalue weighted by Gasteiger charge is -2.51. The van der Waals surface area contributed by atoms with Crippen LogP contribution in [0.5, 0.6) is 5.75 Å². The van der Waals surface area contributed by atoms with Crippen LogP contribution in [0.2, 0.25) is 0 Å². The summed E-state index contributed by atoms with van der Waals surface area (Å²) in [7, 11) is 3.89. The van der Waals surface area contributed by atoms with Gasteiger partial charge in [-0.05, 0) is 52.3 Å². The number of fused-ring (bicyclic) bond motifs is 1. The molecule has 2 fully saturated rings. The number of carbonyl (C=O) groups excluding carboxylic acids is 1. The van der Waals surface area contributed by atoms with Crippen molar-refractivity contribution >= 4 is 5.91 Å². The number of carbonyl (C=O) groups is 1. The first-order chi connectivity index (χ1) is 11.6. The van der Waals surface area contributed by atoms with Crippen LogP contribution in [-0.4, -0.2) is 54.5 Å². The second-order valence-corrected chi connectivity index (χ2v) is 7.49. The minimum Gasteiger partial charge on any atom is -0.496 e. The summed E-state index contributed by atoms with van der Waals surface area (Å²) in [5.74, 6) is 1.05. The van der Waals surface area contributed by atoms with Gasteiger partial charge >= 0.3 is 0 Å². The zero-order valence-corrected chi connectivity index (χ0v) is 15.3. The summed E-state index contributed by atoms with van der Waals surface area (Å²) >= 11 is 0. The molecule has 132 valence electrons. The molecule has 0 bridgehead atoms. The number of hydrogen-bond donors (Lipinski definition) is 0. The molecule has 2 saturated heterocycles. The number of likely N-dealkylation sites (N-methyl/N-ethyl adjacent to an activating group) is 1. The third kappa shape index (κ3) is 3.16. The fraction of sp³-hybridized carbons (Fsp3) is 0.650. The van der Waals surface area contributed by atoms with E-state index in [1.165, 1.54) is 19.3 Å². The predicted octanol–water partition coefficient (Wildman–Crippen LogP) is 3.10. The maximum Gasteiger partial charge on any atom is 0.227 e. The van der Waals surface area contributed by atoms with Crippen LogP contribution in [0.1, 0.15) is 44.6 Å². The molecule has 0 saturated carbocycles. The SMILES string of the molecule is COc1ccccc1CC(=O)N1CCCC[C@@H]2N(C)CCC[C@@]21C. The number of nitrogens with zero attached hydrogens (tertiary/aromatic N) is 2. The number of ether oxygens (including phenoxy) is 1. The largest absolute Gasteiger partial charge is 0.496 e. The fourth-order valence-corrected chi connectivity index (χ4v) is 4.71. The summed E-state index contributed by atoms with van der Waals surface area (Å²) in [6, 6.07) is 8.35. The van der Waals surface area contributed by atoms with E-state index < -0.39 is 0 Å².